The van der Waals surface area contributed by atoms with E-state index in [4.69, 9.17) is 10.8 Å². The fourth-order valence-electron chi connectivity index (χ4n) is 1.43. The van der Waals surface area contributed by atoms with Gasteiger partial charge in [0.25, 0.3) is 0 Å². The van der Waals surface area contributed by atoms with Crippen LogP contribution in [0.5, 0.6) is 0 Å². The van der Waals surface area contributed by atoms with Crippen molar-refractivity contribution < 1.29 is 5.11 Å². The first kappa shape index (κ1) is 17.9. The molecule has 1 atom stereocenters. The summed E-state index contributed by atoms with van der Waals surface area (Å²) in [6.45, 7) is 6.44. The molecule has 5 N–H and O–H groups in total. The summed E-state index contributed by atoms with van der Waals surface area (Å²) in [6.07, 6.45) is 2.18. The number of rotatable bonds is 8. The second-order valence-corrected chi connectivity index (χ2v) is 5.12. The van der Waals surface area contributed by atoms with Crippen molar-refractivity contribution >= 4 is 26.3 Å². The Morgan fingerprint density at radius 3 is 2.21 bits per heavy atom. The van der Waals surface area contributed by atoms with Crippen molar-refractivity contribution in [3.8, 4) is 0 Å². The van der Waals surface area contributed by atoms with Crippen LogP contribution in [-0.4, -0.2) is 35.1 Å². The molecule has 0 fully saturated rings. The van der Waals surface area contributed by atoms with E-state index in [1.54, 1.807) is 19.4 Å². The van der Waals surface area contributed by atoms with Crippen molar-refractivity contribution in [3.05, 3.63) is 23.5 Å². The lowest BCUT2D eigenvalue weighted by Crippen LogP contribution is -2.27. The smallest absolute Gasteiger partial charge is 0.111 e. The Labute approximate surface area is 123 Å². The molecule has 0 radical (unpaired) electrons. The minimum Gasteiger partial charge on any atom is -0.394 e. The third-order valence-electron chi connectivity index (χ3n) is 2.49. The zero-order valence-corrected chi connectivity index (χ0v) is 13.4. The largest absolute Gasteiger partial charge is 0.394 e. The summed E-state index contributed by atoms with van der Waals surface area (Å²) in [7, 11) is 1.70. The molecule has 0 aliphatic carbocycles. The minimum atomic E-state index is -1.02. The van der Waals surface area contributed by atoms with Gasteiger partial charge in [0.15, 0.2) is 0 Å². The van der Waals surface area contributed by atoms with Gasteiger partial charge in [-0.1, -0.05) is 13.8 Å². The van der Waals surface area contributed by atoms with Crippen molar-refractivity contribution in [3.63, 3.8) is 0 Å². The van der Waals surface area contributed by atoms with Crippen LogP contribution >= 0.6 is 15.9 Å². The second kappa shape index (κ2) is 8.87. The summed E-state index contributed by atoms with van der Waals surface area (Å²) >= 11 is 3.06. The maximum absolute atomic E-state index is 10.4. The summed E-state index contributed by atoms with van der Waals surface area (Å²) in [5, 5.41) is 31.9. The Hall–Kier alpha value is -1.14. The van der Waals surface area contributed by atoms with Crippen LogP contribution in [0.4, 0.5) is 0 Å². The van der Waals surface area contributed by atoms with Crippen LogP contribution in [0, 0.1) is 16.7 Å². The zero-order valence-electron chi connectivity index (χ0n) is 11.8. The summed E-state index contributed by atoms with van der Waals surface area (Å²) in [4.78, 5) is 0. The van der Waals surface area contributed by atoms with E-state index in [0.717, 1.165) is 0 Å². The van der Waals surface area contributed by atoms with Gasteiger partial charge < -0.3 is 21.1 Å². The summed E-state index contributed by atoms with van der Waals surface area (Å²) < 4.78 is 0.0910. The summed E-state index contributed by atoms with van der Waals surface area (Å²) in [5.41, 5.74) is 1.21. The average Bonchev–Trinajstić information content (AvgIpc) is 2.35. The van der Waals surface area contributed by atoms with Crippen LogP contribution in [0.2, 0.25) is 0 Å². The summed E-state index contributed by atoms with van der Waals surface area (Å²) in [5.74, 6) is -0.0000916. The average molecular weight is 331 g/mol. The molecule has 19 heavy (non-hydrogen) atoms. The van der Waals surface area contributed by atoms with Crippen LogP contribution in [0.1, 0.15) is 20.8 Å². The number of nitrogens with one attached hydrogen (secondary N) is 4. The Kier molecular flexibility index (Phi) is 8.34. The molecule has 0 heterocycles. The first-order valence-electron chi connectivity index (χ1n) is 6.18. The molecule has 0 aromatic rings. The molecule has 0 amide bonds. The van der Waals surface area contributed by atoms with Crippen LogP contribution in [0.15, 0.2) is 23.5 Å². The third kappa shape index (κ3) is 5.57. The van der Waals surface area contributed by atoms with E-state index in [1.807, 2.05) is 20.8 Å². The minimum absolute atomic E-state index is 0.0000916. The SMILES string of the molecule is CCN/C=C(\C(=N)C(C)C)C(O)/C(=C/NC)C(=N)Br. The van der Waals surface area contributed by atoms with E-state index in [-0.39, 0.29) is 10.5 Å². The zero-order chi connectivity index (χ0) is 15.0. The maximum atomic E-state index is 10.4. The number of hydrogen-bond donors (Lipinski definition) is 5. The molecule has 108 valence electrons. The second-order valence-electron chi connectivity index (χ2n) is 4.33. The summed E-state index contributed by atoms with van der Waals surface area (Å²) in [6, 6.07) is 0. The highest BCUT2D eigenvalue weighted by atomic mass is 79.9. The predicted molar refractivity (Wildman–Crippen MR) is 84.1 cm³/mol. The lowest BCUT2D eigenvalue weighted by Gasteiger charge is -2.20. The van der Waals surface area contributed by atoms with Gasteiger partial charge in [0, 0.05) is 42.9 Å². The van der Waals surface area contributed by atoms with Gasteiger partial charge in [-0.05, 0) is 28.8 Å². The van der Waals surface area contributed by atoms with Gasteiger partial charge in [-0.2, -0.15) is 0 Å². The van der Waals surface area contributed by atoms with Crippen LogP contribution in [0.3, 0.4) is 0 Å². The molecular formula is C13H23BrN4O. The van der Waals surface area contributed by atoms with Crippen LogP contribution in [-0.2, 0) is 0 Å². The Bertz CT molecular complexity index is 388. The van der Waals surface area contributed by atoms with Gasteiger partial charge in [0.1, 0.15) is 10.7 Å². The molecule has 6 heteroatoms. The van der Waals surface area contributed by atoms with Crippen molar-refractivity contribution in [1.29, 1.82) is 10.8 Å². The molecule has 5 nitrogen and oxygen atoms in total. The monoisotopic (exact) mass is 330 g/mol. The first-order chi connectivity index (χ1) is 8.86. The molecule has 0 bridgehead atoms. The maximum Gasteiger partial charge on any atom is 0.111 e. The van der Waals surface area contributed by atoms with Gasteiger partial charge >= 0.3 is 0 Å². The molecule has 0 saturated heterocycles. The topological polar surface area (TPSA) is 92.0 Å². The van der Waals surface area contributed by atoms with Gasteiger partial charge in [-0.3, -0.25) is 5.41 Å². The van der Waals surface area contributed by atoms with Gasteiger partial charge in [-0.25, -0.2) is 0 Å². The van der Waals surface area contributed by atoms with Crippen LogP contribution in [0.25, 0.3) is 0 Å². The van der Waals surface area contributed by atoms with Crippen molar-refractivity contribution in [2.45, 2.75) is 26.9 Å². The van der Waals surface area contributed by atoms with E-state index in [1.165, 1.54) is 0 Å². The number of aliphatic hydroxyl groups is 1. The van der Waals surface area contributed by atoms with Gasteiger partial charge in [0.2, 0.25) is 0 Å². The highest BCUT2D eigenvalue weighted by molar-refractivity contribution is 9.18. The third-order valence-corrected chi connectivity index (χ3v) is 2.95. The van der Waals surface area contributed by atoms with Crippen LogP contribution < -0.4 is 10.6 Å². The van der Waals surface area contributed by atoms with E-state index in [0.29, 0.717) is 23.4 Å². The normalized spacial score (nSPS) is 14.3. The van der Waals surface area contributed by atoms with Crippen molar-refractivity contribution in [1.82, 2.24) is 10.6 Å². The van der Waals surface area contributed by atoms with E-state index in [9.17, 15) is 5.11 Å². The molecule has 0 rings (SSSR count). The highest BCUT2D eigenvalue weighted by Crippen LogP contribution is 2.19. The molecule has 0 aliphatic rings. The highest BCUT2D eigenvalue weighted by Gasteiger charge is 2.23. The fourth-order valence-corrected chi connectivity index (χ4v) is 1.77. The number of hydrogen-bond acceptors (Lipinski definition) is 5. The molecule has 1 unspecified atom stereocenters. The Balaban J connectivity index is 5.42. The molecule has 0 spiro atoms. The van der Waals surface area contributed by atoms with E-state index >= 15 is 0 Å². The lowest BCUT2D eigenvalue weighted by molar-refractivity contribution is 0.257. The standard InChI is InChI=1S/C13H23BrN4O/c1-5-18-7-9(11(15)8(2)3)12(19)10(6-17-4)13(14)16/h6-8,12,15-19H,5H2,1-4H3/b9-7+,10-6-,15-11?,16-13?. The predicted octanol–water partition coefficient (Wildman–Crippen LogP) is 1.99. The molecule has 0 saturated carbocycles. The van der Waals surface area contributed by atoms with E-state index < -0.39 is 6.10 Å². The number of halogens is 1. The van der Waals surface area contributed by atoms with Crippen molar-refractivity contribution in [2.75, 3.05) is 13.6 Å². The Morgan fingerprint density at radius 2 is 1.84 bits per heavy atom. The first-order valence-corrected chi connectivity index (χ1v) is 6.98. The lowest BCUT2D eigenvalue weighted by atomic mass is 9.93. The fraction of sp³-hybridized carbons (Fsp3) is 0.538. The molecule has 0 aromatic heterocycles. The molecule has 0 aromatic carbocycles. The molecular weight excluding hydrogens is 308 g/mol. The van der Waals surface area contributed by atoms with E-state index in [2.05, 4.69) is 26.6 Å². The molecule has 0 aliphatic heterocycles. The Morgan fingerprint density at radius 1 is 1.26 bits per heavy atom. The van der Waals surface area contributed by atoms with Gasteiger partial charge in [0.05, 0.1) is 0 Å². The quantitative estimate of drug-likeness (QED) is 0.441. The number of aliphatic hydroxyl groups excluding tert-OH is 1. The van der Waals surface area contributed by atoms with Crippen molar-refractivity contribution in [2.24, 2.45) is 5.92 Å². The van der Waals surface area contributed by atoms with Gasteiger partial charge in [-0.15, -0.1) is 0 Å².